The summed E-state index contributed by atoms with van der Waals surface area (Å²) < 4.78 is 13.3. The van der Waals surface area contributed by atoms with E-state index in [1.54, 1.807) is 0 Å². The summed E-state index contributed by atoms with van der Waals surface area (Å²) in [6, 6.07) is 2.49. The van der Waals surface area contributed by atoms with E-state index in [9.17, 15) is 19.3 Å². The molecule has 1 rings (SSSR count). The predicted octanol–water partition coefficient (Wildman–Crippen LogP) is 2.27. The zero-order valence-electron chi connectivity index (χ0n) is 9.20. The smallest absolute Gasteiger partial charge is 0.319 e. The number of carbonyl (C=O) groups excluding carboxylic acids is 1. The molecule has 1 aromatic carbocycles. The number of rotatable bonds is 4. The quantitative estimate of drug-likeness (QED) is 0.626. The first kappa shape index (κ1) is 12.9. The molecule has 0 spiro atoms. The molecule has 2 N–H and O–H groups in total. The zero-order chi connectivity index (χ0) is 12.8. The van der Waals surface area contributed by atoms with E-state index in [-0.39, 0.29) is 11.4 Å². The number of non-ortho nitro benzene ring substituents is 1. The molecule has 2 amide bonds. The maximum Gasteiger partial charge on any atom is 0.319 e. The predicted molar refractivity (Wildman–Crippen MR) is 60.4 cm³/mol. The molecule has 0 aliphatic heterocycles. The van der Waals surface area contributed by atoms with Crippen LogP contribution in [0.3, 0.4) is 0 Å². The third-order valence-corrected chi connectivity index (χ3v) is 1.95. The first-order valence-corrected chi connectivity index (χ1v) is 5.03. The third-order valence-electron chi connectivity index (χ3n) is 1.95. The van der Waals surface area contributed by atoms with Crippen LogP contribution in [0.5, 0.6) is 0 Å². The van der Waals surface area contributed by atoms with Crippen LogP contribution in [0, 0.1) is 15.9 Å². The lowest BCUT2D eigenvalue weighted by atomic mass is 10.2. The van der Waals surface area contributed by atoms with Crippen LogP contribution < -0.4 is 10.6 Å². The van der Waals surface area contributed by atoms with Crippen LogP contribution in [0.4, 0.5) is 20.6 Å². The summed E-state index contributed by atoms with van der Waals surface area (Å²) >= 11 is 0. The van der Waals surface area contributed by atoms with Gasteiger partial charge in [-0.05, 0) is 12.5 Å². The van der Waals surface area contributed by atoms with Crippen LogP contribution in [0.1, 0.15) is 13.3 Å². The second kappa shape index (κ2) is 5.78. The number of benzene rings is 1. The fourth-order valence-electron chi connectivity index (χ4n) is 1.12. The Morgan fingerprint density at radius 2 is 2.24 bits per heavy atom. The van der Waals surface area contributed by atoms with Crippen LogP contribution in [0.25, 0.3) is 0 Å². The summed E-state index contributed by atoms with van der Waals surface area (Å²) in [5.74, 6) is -0.842. The monoisotopic (exact) mass is 241 g/mol. The second-order valence-electron chi connectivity index (χ2n) is 3.30. The van der Waals surface area contributed by atoms with Crippen molar-refractivity contribution in [2.45, 2.75) is 13.3 Å². The third kappa shape index (κ3) is 3.71. The minimum atomic E-state index is -0.842. The molecule has 0 aliphatic rings. The van der Waals surface area contributed by atoms with E-state index in [0.717, 1.165) is 24.6 Å². The van der Waals surface area contributed by atoms with Crippen LogP contribution in [0.15, 0.2) is 18.2 Å². The van der Waals surface area contributed by atoms with Crippen LogP contribution in [0.2, 0.25) is 0 Å². The van der Waals surface area contributed by atoms with Crippen molar-refractivity contribution in [1.29, 1.82) is 0 Å². The van der Waals surface area contributed by atoms with E-state index in [1.807, 2.05) is 6.92 Å². The van der Waals surface area contributed by atoms with Crippen molar-refractivity contribution in [2.75, 3.05) is 11.9 Å². The normalized spacial score (nSPS) is 9.76. The summed E-state index contributed by atoms with van der Waals surface area (Å²) in [7, 11) is 0. The summed E-state index contributed by atoms with van der Waals surface area (Å²) in [4.78, 5) is 20.9. The van der Waals surface area contributed by atoms with Crippen LogP contribution >= 0.6 is 0 Å². The highest BCUT2D eigenvalue weighted by Crippen LogP contribution is 2.20. The summed E-state index contributed by atoms with van der Waals surface area (Å²) in [6.45, 7) is 2.35. The van der Waals surface area contributed by atoms with E-state index in [1.165, 1.54) is 0 Å². The average Bonchev–Trinajstić information content (AvgIpc) is 2.28. The fourth-order valence-corrected chi connectivity index (χ4v) is 1.12. The van der Waals surface area contributed by atoms with Gasteiger partial charge < -0.3 is 10.6 Å². The molecular weight excluding hydrogens is 229 g/mol. The lowest BCUT2D eigenvalue weighted by molar-refractivity contribution is -0.385. The highest BCUT2D eigenvalue weighted by atomic mass is 19.1. The highest BCUT2D eigenvalue weighted by Gasteiger charge is 2.12. The van der Waals surface area contributed by atoms with Crippen molar-refractivity contribution in [3.05, 3.63) is 34.1 Å². The number of urea groups is 1. The van der Waals surface area contributed by atoms with Gasteiger partial charge in [-0.25, -0.2) is 9.18 Å². The minimum absolute atomic E-state index is 0.0933. The number of anilines is 1. The Morgan fingerprint density at radius 3 is 2.76 bits per heavy atom. The fraction of sp³-hybridized carbons (Fsp3) is 0.300. The van der Waals surface area contributed by atoms with Gasteiger partial charge in [0.15, 0.2) is 5.82 Å². The van der Waals surface area contributed by atoms with Crippen molar-refractivity contribution in [1.82, 2.24) is 5.32 Å². The van der Waals surface area contributed by atoms with Crippen molar-refractivity contribution in [2.24, 2.45) is 0 Å². The van der Waals surface area contributed by atoms with Gasteiger partial charge in [0.05, 0.1) is 16.7 Å². The number of nitro groups is 1. The van der Waals surface area contributed by atoms with E-state index >= 15 is 0 Å². The molecule has 7 heteroatoms. The maximum absolute atomic E-state index is 13.3. The number of carbonyl (C=O) groups is 1. The van der Waals surface area contributed by atoms with Crippen molar-refractivity contribution >= 4 is 17.4 Å². The number of amides is 2. The summed E-state index contributed by atoms with van der Waals surface area (Å²) in [6.07, 6.45) is 0.760. The Balaban J connectivity index is 2.72. The molecule has 92 valence electrons. The second-order valence-corrected chi connectivity index (χ2v) is 3.30. The minimum Gasteiger partial charge on any atom is -0.338 e. The molecular formula is C10H12FN3O3. The van der Waals surface area contributed by atoms with Gasteiger partial charge in [-0.15, -0.1) is 0 Å². The molecule has 0 unspecified atom stereocenters. The molecule has 0 saturated carbocycles. The van der Waals surface area contributed by atoms with Crippen molar-refractivity contribution in [3.8, 4) is 0 Å². The zero-order valence-corrected chi connectivity index (χ0v) is 9.20. The molecule has 0 radical (unpaired) electrons. The van der Waals surface area contributed by atoms with Gasteiger partial charge in [-0.3, -0.25) is 10.1 Å². The van der Waals surface area contributed by atoms with Gasteiger partial charge in [0.25, 0.3) is 5.69 Å². The number of nitro benzene ring substituents is 1. The Labute approximate surface area is 97.0 Å². The van der Waals surface area contributed by atoms with E-state index in [4.69, 9.17) is 0 Å². The van der Waals surface area contributed by atoms with Crippen molar-refractivity contribution < 1.29 is 14.1 Å². The van der Waals surface area contributed by atoms with Crippen molar-refractivity contribution in [3.63, 3.8) is 0 Å². The molecule has 0 fully saturated rings. The molecule has 0 bridgehead atoms. The number of hydrogen-bond acceptors (Lipinski definition) is 3. The topological polar surface area (TPSA) is 84.3 Å². The first-order chi connectivity index (χ1) is 8.04. The highest BCUT2D eigenvalue weighted by molar-refractivity contribution is 5.89. The number of nitrogens with zero attached hydrogens (tertiary/aromatic N) is 1. The molecule has 1 aromatic rings. The lowest BCUT2D eigenvalue weighted by Crippen LogP contribution is -2.29. The number of hydrogen-bond donors (Lipinski definition) is 2. The maximum atomic E-state index is 13.3. The largest absolute Gasteiger partial charge is 0.338 e. The Kier molecular flexibility index (Phi) is 4.38. The van der Waals surface area contributed by atoms with E-state index < -0.39 is 16.8 Å². The van der Waals surface area contributed by atoms with Gasteiger partial charge in [0, 0.05) is 12.6 Å². The molecule has 0 heterocycles. The average molecular weight is 241 g/mol. The molecule has 6 nitrogen and oxygen atoms in total. The standard InChI is InChI=1S/C10H12FN3O3/c1-2-5-12-10(15)13-9-4-3-7(14(16)17)6-8(9)11/h3-4,6H,2,5H2,1H3,(H2,12,13,15). The summed E-state index contributed by atoms with van der Waals surface area (Å²) in [5.41, 5.74) is -0.453. The van der Waals surface area contributed by atoms with E-state index in [2.05, 4.69) is 10.6 Å². The Morgan fingerprint density at radius 1 is 1.53 bits per heavy atom. The Hall–Kier alpha value is -2.18. The lowest BCUT2D eigenvalue weighted by Gasteiger charge is -2.07. The van der Waals surface area contributed by atoms with Gasteiger partial charge >= 0.3 is 6.03 Å². The molecule has 0 aliphatic carbocycles. The van der Waals surface area contributed by atoms with Crippen LogP contribution in [-0.4, -0.2) is 17.5 Å². The summed E-state index contributed by atoms with van der Waals surface area (Å²) in [5, 5.41) is 15.1. The number of halogens is 1. The first-order valence-electron chi connectivity index (χ1n) is 5.03. The number of nitrogens with one attached hydrogen (secondary N) is 2. The molecule has 0 aromatic heterocycles. The molecule has 0 atom stereocenters. The van der Waals surface area contributed by atoms with Gasteiger partial charge in [0.1, 0.15) is 0 Å². The van der Waals surface area contributed by atoms with E-state index in [0.29, 0.717) is 6.54 Å². The molecule has 17 heavy (non-hydrogen) atoms. The van der Waals surface area contributed by atoms with Gasteiger partial charge in [-0.1, -0.05) is 6.92 Å². The SMILES string of the molecule is CCCNC(=O)Nc1ccc([N+](=O)[O-])cc1F. The van der Waals surface area contributed by atoms with Gasteiger partial charge in [-0.2, -0.15) is 0 Å². The van der Waals surface area contributed by atoms with Crippen LogP contribution in [-0.2, 0) is 0 Å². The Bertz CT molecular complexity index is 437. The van der Waals surface area contributed by atoms with Gasteiger partial charge in [0.2, 0.25) is 0 Å². The molecule has 0 saturated heterocycles.